The molecule has 1 amide bonds. The number of rotatable bonds is 10. The van der Waals surface area contributed by atoms with Gasteiger partial charge >= 0.3 is 0 Å². The van der Waals surface area contributed by atoms with Crippen molar-refractivity contribution in [2.45, 2.75) is 6.42 Å². The van der Waals surface area contributed by atoms with Gasteiger partial charge in [0.25, 0.3) is 5.91 Å². The molecule has 38 heavy (non-hydrogen) atoms. The Morgan fingerprint density at radius 3 is 2.29 bits per heavy atom. The van der Waals surface area contributed by atoms with E-state index in [4.69, 9.17) is 19.7 Å². The molecule has 2 aromatic carbocycles. The Morgan fingerprint density at radius 1 is 1.00 bits per heavy atom. The van der Waals surface area contributed by atoms with Crippen LogP contribution in [0.2, 0.25) is 0 Å². The lowest BCUT2D eigenvalue weighted by molar-refractivity contribution is 0.0705. The molecule has 0 fully saturated rings. The summed E-state index contributed by atoms with van der Waals surface area (Å²) in [5.41, 5.74) is 5.66. The lowest BCUT2D eigenvalue weighted by Crippen LogP contribution is -2.21. The fourth-order valence-corrected chi connectivity index (χ4v) is 3.84. The molecular formula is C27H27Cl2N5O4. The molecule has 0 radical (unpaired) electrons. The van der Waals surface area contributed by atoms with E-state index in [1.165, 1.54) is 13.3 Å². The molecule has 0 atom stereocenters. The first-order valence-corrected chi connectivity index (χ1v) is 11.3. The second-order valence-corrected chi connectivity index (χ2v) is 7.81. The highest BCUT2D eigenvalue weighted by Gasteiger charge is 2.22. The molecule has 4 aromatic rings. The van der Waals surface area contributed by atoms with Crippen LogP contribution >= 0.6 is 24.8 Å². The minimum atomic E-state index is -0.703. The molecule has 9 nitrogen and oxygen atoms in total. The normalized spacial score (nSPS) is 10.0. The molecule has 0 aliphatic carbocycles. The lowest BCUT2D eigenvalue weighted by Gasteiger charge is -2.15. The Kier molecular flexibility index (Phi) is 11.7. The monoisotopic (exact) mass is 555 g/mol. The van der Waals surface area contributed by atoms with Crippen LogP contribution in [0.3, 0.4) is 0 Å². The van der Waals surface area contributed by atoms with Crippen molar-refractivity contribution in [2.75, 3.05) is 26.8 Å². The number of hydroxylamine groups is 1. The summed E-state index contributed by atoms with van der Waals surface area (Å²) < 4.78 is 11.3. The van der Waals surface area contributed by atoms with Gasteiger partial charge in [-0.05, 0) is 29.3 Å². The van der Waals surface area contributed by atoms with Crippen LogP contribution in [0.4, 0.5) is 0 Å². The summed E-state index contributed by atoms with van der Waals surface area (Å²) in [6.07, 6.45) is 3.59. The number of hydrogen-bond donors (Lipinski definition) is 3. The Hall–Kier alpha value is -3.94. The SMILES string of the molecule is COc1c(-c2ccc(-c3ccc(OCCNCCC#N)cc3)cc2)nc2ccncc2c1C(=O)NO.Cl.Cl. The highest BCUT2D eigenvalue weighted by molar-refractivity contribution is 6.09. The predicted octanol–water partition coefficient (Wildman–Crippen LogP) is 4.82. The number of fused-ring (bicyclic) bond motifs is 1. The molecule has 0 saturated carbocycles. The van der Waals surface area contributed by atoms with Gasteiger partial charge in [0.15, 0.2) is 5.75 Å². The predicted molar refractivity (Wildman–Crippen MR) is 149 cm³/mol. The molecule has 0 aliphatic rings. The Morgan fingerprint density at radius 2 is 1.66 bits per heavy atom. The average molecular weight is 556 g/mol. The van der Waals surface area contributed by atoms with E-state index in [0.717, 1.165) is 22.4 Å². The lowest BCUT2D eigenvalue weighted by atomic mass is 10.00. The smallest absolute Gasteiger partial charge is 0.279 e. The van der Waals surface area contributed by atoms with E-state index in [-0.39, 0.29) is 36.1 Å². The Labute approximate surface area is 232 Å². The quantitative estimate of drug-likeness (QED) is 0.144. The van der Waals surface area contributed by atoms with Crippen molar-refractivity contribution >= 4 is 41.6 Å². The van der Waals surface area contributed by atoms with Crippen LogP contribution in [0.25, 0.3) is 33.3 Å². The first kappa shape index (κ1) is 30.3. The molecule has 198 valence electrons. The summed E-state index contributed by atoms with van der Waals surface area (Å²) >= 11 is 0. The third-order valence-electron chi connectivity index (χ3n) is 5.58. The molecule has 2 aromatic heterocycles. The molecule has 0 aliphatic heterocycles. The fourth-order valence-electron chi connectivity index (χ4n) is 3.84. The third kappa shape index (κ3) is 6.88. The fraction of sp³-hybridized carbons (Fsp3) is 0.185. The van der Waals surface area contributed by atoms with Gasteiger partial charge < -0.3 is 14.8 Å². The van der Waals surface area contributed by atoms with Gasteiger partial charge in [-0.2, -0.15) is 5.26 Å². The number of pyridine rings is 2. The van der Waals surface area contributed by atoms with Gasteiger partial charge in [0.05, 0.1) is 24.3 Å². The summed E-state index contributed by atoms with van der Waals surface area (Å²) in [5, 5.41) is 21.4. The zero-order valence-electron chi connectivity index (χ0n) is 20.5. The Balaban J connectivity index is 0.00000253. The maximum atomic E-state index is 12.5. The van der Waals surface area contributed by atoms with E-state index in [1.54, 1.807) is 17.7 Å². The van der Waals surface area contributed by atoms with E-state index >= 15 is 0 Å². The molecule has 0 unspecified atom stereocenters. The summed E-state index contributed by atoms with van der Waals surface area (Å²) in [7, 11) is 1.46. The van der Waals surface area contributed by atoms with Crippen molar-refractivity contribution in [3.63, 3.8) is 0 Å². The number of methoxy groups -OCH3 is 1. The number of hydrogen-bond acceptors (Lipinski definition) is 8. The summed E-state index contributed by atoms with van der Waals surface area (Å²) in [6, 6.07) is 19.3. The second-order valence-electron chi connectivity index (χ2n) is 7.81. The maximum Gasteiger partial charge on any atom is 0.279 e. The number of nitrogens with zero attached hydrogens (tertiary/aromatic N) is 3. The molecule has 11 heteroatoms. The highest BCUT2D eigenvalue weighted by atomic mass is 35.5. The van der Waals surface area contributed by atoms with Crippen molar-refractivity contribution in [1.82, 2.24) is 20.8 Å². The van der Waals surface area contributed by atoms with Crippen LogP contribution < -0.4 is 20.3 Å². The van der Waals surface area contributed by atoms with Crippen LogP contribution in [-0.2, 0) is 0 Å². The maximum absolute atomic E-state index is 12.5. The van der Waals surface area contributed by atoms with Crippen LogP contribution in [-0.4, -0.2) is 47.9 Å². The van der Waals surface area contributed by atoms with E-state index < -0.39 is 5.91 Å². The van der Waals surface area contributed by atoms with Crippen molar-refractivity contribution in [2.24, 2.45) is 0 Å². The summed E-state index contributed by atoms with van der Waals surface area (Å²) in [4.78, 5) is 21.2. The van der Waals surface area contributed by atoms with Gasteiger partial charge in [0, 0.05) is 42.9 Å². The van der Waals surface area contributed by atoms with Gasteiger partial charge in [0.2, 0.25) is 0 Å². The zero-order valence-corrected chi connectivity index (χ0v) is 22.1. The first-order chi connectivity index (χ1) is 17.7. The molecule has 0 spiro atoms. The number of benzene rings is 2. The van der Waals surface area contributed by atoms with E-state index in [0.29, 0.717) is 42.7 Å². The van der Waals surface area contributed by atoms with Crippen LogP contribution in [0.1, 0.15) is 16.8 Å². The van der Waals surface area contributed by atoms with Crippen LogP contribution in [0.5, 0.6) is 11.5 Å². The average Bonchev–Trinajstić information content (AvgIpc) is 2.94. The number of aromatic nitrogens is 2. The number of halogens is 2. The molecular weight excluding hydrogens is 529 g/mol. The summed E-state index contributed by atoms with van der Waals surface area (Å²) in [6.45, 7) is 1.85. The number of nitriles is 1. The molecule has 4 rings (SSSR count). The summed E-state index contributed by atoms with van der Waals surface area (Å²) in [5.74, 6) is 0.315. The van der Waals surface area contributed by atoms with Crippen molar-refractivity contribution in [1.29, 1.82) is 5.26 Å². The van der Waals surface area contributed by atoms with Gasteiger partial charge in [-0.3, -0.25) is 15.0 Å². The van der Waals surface area contributed by atoms with Crippen molar-refractivity contribution in [3.05, 3.63) is 72.6 Å². The Bertz CT molecular complexity index is 1390. The van der Waals surface area contributed by atoms with E-state index in [1.807, 2.05) is 48.5 Å². The van der Waals surface area contributed by atoms with Gasteiger partial charge in [-0.15, -0.1) is 24.8 Å². The van der Waals surface area contributed by atoms with Crippen molar-refractivity contribution < 1.29 is 19.5 Å². The first-order valence-electron chi connectivity index (χ1n) is 11.3. The number of nitrogens with one attached hydrogen (secondary N) is 2. The standard InChI is InChI=1S/C27H25N5O4.2ClH/c1-35-26-24(27(33)32-34)22-17-30-14-11-23(22)31-25(26)20-5-3-18(4-6-20)19-7-9-21(10-8-19)36-16-15-29-13-2-12-28;;/h3-11,14,17,29,34H,2,13,15-16H2,1H3,(H,32,33);2*1H. The van der Waals surface area contributed by atoms with Crippen LogP contribution in [0.15, 0.2) is 67.0 Å². The highest BCUT2D eigenvalue weighted by Crippen LogP contribution is 2.36. The van der Waals surface area contributed by atoms with Gasteiger partial charge in [0.1, 0.15) is 18.1 Å². The minimum absolute atomic E-state index is 0. The van der Waals surface area contributed by atoms with E-state index in [2.05, 4.69) is 16.4 Å². The second kappa shape index (κ2) is 14.7. The van der Waals surface area contributed by atoms with Gasteiger partial charge in [-0.25, -0.2) is 10.5 Å². The molecule has 2 heterocycles. The molecule has 0 saturated heterocycles. The van der Waals surface area contributed by atoms with Crippen LogP contribution in [0, 0.1) is 11.3 Å². The molecule has 0 bridgehead atoms. The molecule has 3 N–H and O–H groups in total. The van der Waals surface area contributed by atoms with Crippen molar-refractivity contribution in [3.8, 4) is 40.0 Å². The van der Waals surface area contributed by atoms with Gasteiger partial charge in [-0.1, -0.05) is 36.4 Å². The topological polar surface area (TPSA) is 129 Å². The minimum Gasteiger partial charge on any atom is -0.494 e. The third-order valence-corrected chi connectivity index (χ3v) is 5.58. The number of ether oxygens (including phenoxy) is 2. The number of carbonyl (C=O) groups excluding carboxylic acids is 1. The number of amides is 1. The zero-order chi connectivity index (χ0) is 25.3. The van der Waals surface area contributed by atoms with E-state index in [9.17, 15) is 10.0 Å². The number of carbonyl (C=O) groups is 1. The largest absolute Gasteiger partial charge is 0.494 e.